The minimum Gasteiger partial charge on any atom is -0.387 e. The number of likely N-dealkylation sites (N-methyl/N-ethyl adjacent to an activating group) is 2. The van der Waals surface area contributed by atoms with Crippen LogP contribution < -0.4 is 0 Å². The van der Waals surface area contributed by atoms with Gasteiger partial charge >= 0.3 is 0 Å². The second-order valence-corrected chi connectivity index (χ2v) is 4.95. The summed E-state index contributed by atoms with van der Waals surface area (Å²) in [5, 5.41) is 10.1. The van der Waals surface area contributed by atoms with Gasteiger partial charge in [-0.3, -0.25) is 9.80 Å². The number of β-amino-alcohol motifs (C(OH)–C–C–N with tert-alkyl or cyclic N) is 1. The zero-order valence-electron chi connectivity index (χ0n) is 9.78. The van der Waals surface area contributed by atoms with Gasteiger partial charge in [0.05, 0.1) is 24.9 Å². The third-order valence-corrected chi connectivity index (χ3v) is 3.66. The normalized spacial score (nSPS) is 26.4. The van der Waals surface area contributed by atoms with Crippen LogP contribution in [0.1, 0.15) is 13.3 Å². The Kier molecular flexibility index (Phi) is 3.30. The highest BCUT2D eigenvalue weighted by Crippen LogP contribution is 2.24. The van der Waals surface area contributed by atoms with Gasteiger partial charge in [-0.25, -0.2) is 0 Å². The minimum atomic E-state index is -0.422. The van der Waals surface area contributed by atoms with E-state index in [2.05, 4.69) is 23.8 Å². The molecule has 0 spiro atoms. The molecule has 4 heteroatoms. The number of aliphatic hydroxyl groups is 1. The predicted molar refractivity (Wildman–Crippen MR) is 58.9 cm³/mol. The number of hydrogen-bond acceptors (Lipinski definition) is 4. The topological polar surface area (TPSA) is 35.9 Å². The van der Waals surface area contributed by atoms with E-state index < -0.39 is 5.60 Å². The largest absolute Gasteiger partial charge is 0.387 e. The van der Waals surface area contributed by atoms with Crippen molar-refractivity contribution in [2.45, 2.75) is 25.0 Å². The SMILES string of the molecule is CCN1CC(O)(CCN(C)C2COC2)C1. The first-order valence-electron chi connectivity index (χ1n) is 5.86. The monoisotopic (exact) mass is 214 g/mol. The molecule has 1 N–H and O–H groups in total. The Hall–Kier alpha value is -0.160. The molecule has 2 aliphatic rings. The maximum atomic E-state index is 10.1. The van der Waals surface area contributed by atoms with Gasteiger partial charge in [0.1, 0.15) is 0 Å². The van der Waals surface area contributed by atoms with Gasteiger partial charge in [0.2, 0.25) is 0 Å². The van der Waals surface area contributed by atoms with Crippen LogP contribution in [0.25, 0.3) is 0 Å². The summed E-state index contributed by atoms with van der Waals surface area (Å²) in [5.74, 6) is 0. The van der Waals surface area contributed by atoms with Crippen molar-refractivity contribution in [3.8, 4) is 0 Å². The highest BCUT2D eigenvalue weighted by atomic mass is 16.5. The van der Waals surface area contributed by atoms with Crippen molar-refractivity contribution in [2.24, 2.45) is 0 Å². The van der Waals surface area contributed by atoms with Gasteiger partial charge in [-0.1, -0.05) is 6.92 Å². The maximum absolute atomic E-state index is 10.1. The Labute approximate surface area is 91.8 Å². The summed E-state index contributed by atoms with van der Waals surface area (Å²) in [6.07, 6.45) is 0.885. The van der Waals surface area contributed by atoms with Crippen molar-refractivity contribution in [2.75, 3.05) is 46.4 Å². The molecule has 0 radical (unpaired) electrons. The Bertz CT molecular complexity index is 213. The van der Waals surface area contributed by atoms with Crippen LogP contribution in [0, 0.1) is 0 Å². The Morgan fingerprint density at radius 2 is 2.13 bits per heavy atom. The molecule has 0 amide bonds. The van der Waals surface area contributed by atoms with Gasteiger partial charge in [-0.2, -0.15) is 0 Å². The van der Waals surface area contributed by atoms with Crippen LogP contribution in [0.3, 0.4) is 0 Å². The molecular formula is C11H22N2O2. The Morgan fingerprint density at radius 1 is 1.47 bits per heavy atom. The molecule has 2 rings (SSSR count). The van der Waals surface area contributed by atoms with E-state index in [9.17, 15) is 5.11 Å². The van der Waals surface area contributed by atoms with E-state index in [1.165, 1.54) is 0 Å². The first-order chi connectivity index (χ1) is 7.13. The maximum Gasteiger partial charge on any atom is 0.0912 e. The van der Waals surface area contributed by atoms with E-state index in [0.717, 1.165) is 45.8 Å². The molecular weight excluding hydrogens is 192 g/mol. The number of hydrogen-bond donors (Lipinski definition) is 1. The number of likely N-dealkylation sites (tertiary alicyclic amines) is 1. The molecule has 2 fully saturated rings. The third-order valence-electron chi connectivity index (χ3n) is 3.66. The summed E-state index contributed by atoms with van der Waals surface area (Å²) >= 11 is 0. The van der Waals surface area contributed by atoms with Crippen LogP contribution in [-0.4, -0.2) is 73.0 Å². The molecule has 0 atom stereocenters. The van der Waals surface area contributed by atoms with Gasteiger partial charge in [0.25, 0.3) is 0 Å². The standard InChI is InChI=1S/C11H22N2O2/c1-3-13-8-11(14,9-13)4-5-12(2)10-6-15-7-10/h10,14H,3-9H2,1-2H3. The minimum absolute atomic E-state index is 0.422. The number of nitrogens with zero attached hydrogens (tertiary/aromatic N) is 2. The van der Waals surface area contributed by atoms with E-state index in [1.807, 2.05) is 0 Å². The Morgan fingerprint density at radius 3 is 2.60 bits per heavy atom. The molecule has 4 nitrogen and oxygen atoms in total. The first-order valence-corrected chi connectivity index (χ1v) is 5.86. The highest BCUT2D eigenvalue weighted by molar-refractivity contribution is 4.95. The van der Waals surface area contributed by atoms with Crippen LogP contribution in [0.5, 0.6) is 0 Å². The van der Waals surface area contributed by atoms with Gasteiger partial charge in [-0.05, 0) is 20.0 Å². The van der Waals surface area contributed by atoms with Crippen molar-refractivity contribution in [1.82, 2.24) is 9.80 Å². The molecule has 2 heterocycles. The van der Waals surface area contributed by atoms with Crippen molar-refractivity contribution in [3.05, 3.63) is 0 Å². The summed E-state index contributed by atoms with van der Waals surface area (Å²) < 4.78 is 5.15. The third kappa shape index (κ3) is 2.50. The van der Waals surface area contributed by atoms with Crippen LogP contribution >= 0.6 is 0 Å². The van der Waals surface area contributed by atoms with E-state index >= 15 is 0 Å². The second kappa shape index (κ2) is 4.37. The highest BCUT2D eigenvalue weighted by Gasteiger charge is 2.40. The average Bonchev–Trinajstić information content (AvgIpc) is 2.07. The van der Waals surface area contributed by atoms with Gasteiger partial charge < -0.3 is 9.84 Å². The smallest absolute Gasteiger partial charge is 0.0912 e. The lowest BCUT2D eigenvalue weighted by Crippen LogP contribution is -2.62. The van der Waals surface area contributed by atoms with E-state index in [0.29, 0.717) is 6.04 Å². The summed E-state index contributed by atoms with van der Waals surface area (Å²) in [7, 11) is 2.12. The number of ether oxygens (including phenoxy) is 1. The fourth-order valence-corrected chi connectivity index (χ4v) is 2.21. The molecule has 88 valence electrons. The molecule has 15 heavy (non-hydrogen) atoms. The summed E-state index contributed by atoms with van der Waals surface area (Å²) in [5.41, 5.74) is -0.422. The summed E-state index contributed by atoms with van der Waals surface area (Å²) in [6.45, 7) is 7.57. The van der Waals surface area contributed by atoms with Crippen molar-refractivity contribution in [3.63, 3.8) is 0 Å². The molecule has 0 unspecified atom stereocenters. The fourth-order valence-electron chi connectivity index (χ4n) is 2.21. The molecule has 2 aliphatic heterocycles. The molecule has 0 aromatic carbocycles. The molecule has 0 saturated carbocycles. The Balaban J connectivity index is 1.65. The summed E-state index contributed by atoms with van der Waals surface area (Å²) in [4.78, 5) is 4.57. The lowest BCUT2D eigenvalue weighted by atomic mass is 9.90. The average molecular weight is 214 g/mol. The molecule has 0 aromatic heterocycles. The summed E-state index contributed by atoms with van der Waals surface area (Å²) in [6, 6.07) is 0.580. The first kappa shape index (κ1) is 11.3. The lowest BCUT2D eigenvalue weighted by molar-refractivity contribution is -0.112. The van der Waals surface area contributed by atoms with E-state index in [1.54, 1.807) is 0 Å². The van der Waals surface area contributed by atoms with Crippen LogP contribution in [-0.2, 0) is 4.74 Å². The quantitative estimate of drug-likeness (QED) is 0.686. The predicted octanol–water partition coefficient (Wildman–Crippen LogP) is -0.226. The lowest BCUT2D eigenvalue weighted by Gasteiger charge is -2.47. The van der Waals surface area contributed by atoms with Crippen LogP contribution in [0.4, 0.5) is 0 Å². The van der Waals surface area contributed by atoms with Crippen LogP contribution in [0.15, 0.2) is 0 Å². The second-order valence-electron chi connectivity index (χ2n) is 4.95. The van der Waals surface area contributed by atoms with Crippen molar-refractivity contribution < 1.29 is 9.84 Å². The van der Waals surface area contributed by atoms with Gasteiger partial charge in [-0.15, -0.1) is 0 Å². The van der Waals surface area contributed by atoms with Gasteiger partial charge in [0, 0.05) is 19.6 Å². The molecule has 0 aromatic rings. The van der Waals surface area contributed by atoms with Crippen LogP contribution in [0.2, 0.25) is 0 Å². The van der Waals surface area contributed by atoms with E-state index in [4.69, 9.17) is 4.74 Å². The van der Waals surface area contributed by atoms with E-state index in [-0.39, 0.29) is 0 Å². The van der Waals surface area contributed by atoms with Crippen molar-refractivity contribution in [1.29, 1.82) is 0 Å². The molecule has 0 bridgehead atoms. The zero-order chi connectivity index (χ0) is 10.9. The van der Waals surface area contributed by atoms with Gasteiger partial charge in [0.15, 0.2) is 0 Å². The van der Waals surface area contributed by atoms with Crippen molar-refractivity contribution >= 4 is 0 Å². The molecule has 0 aliphatic carbocycles. The fraction of sp³-hybridized carbons (Fsp3) is 1.00. The number of rotatable bonds is 5. The zero-order valence-corrected chi connectivity index (χ0v) is 9.78. The molecule has 2 saturated heterocycles.